The van der Waals surface area contributed by atoms with Crippen molar-refractivity contribution in [2.75, 3.05) is 6.61 Å². The van der Waals surface area contributed by atoms with E-state index in [1.807, 2.05) is 38.1 Å². The summed E-state index contributed by atoms with van der Waals surface area (Å²) in [5.41, 5.74) is 5.33. The van der Waals surface area contributed by atoms with Gasteiger partial charge in [-0.1, -0.05) is 41.4 Å². The van der Waals surface area contributed by atoms with Crippen LogP contribution in [0.15, 0.2) is 53.6 Å². The van der Waals surface area contributed by atoms with Crippen molar-refractivity contribution < 1.29 is 9.53 Å². The van der Waals surface area contributed by atoms with Crippen LogP contribution in [0.1, 0.15) is 18.1 Å². The van der Waals surface area contributed by atoms with Crippen molar-refractivity contribution in [3.8, 4) is 5.75 Å². The van der Waals surface area contributed by atoms with Crippen molar-refractivity contribution in [3.05, 3.63) is 64.7 Å². The molecule has 22 heavy (non-hydrogen) atoms. The Bertz CT molecular complexity index is 681. The average molecular weight is 317 g/mol. The molecule has 0 fully saturated rings. The Morgan fingerprint density at radius 3 is 2.64 bits per heavy atom. The van der Waals surface area contributed by atoms with Gasteiger partial charge in [-0.15, -0.1) is 0 Å². The number of carbonyl (C=O) groups is 1. The molecule has 0 aromatic heterocycles. The van der Waals surface area contributed by atoms with Gasteiger partial charge >= 0.3 is 0 Å². The second kappa shape index (κ2) is 7.61. The molecule has 0 atom stereocenters. The van der Waals surface area contributed by atoms with Crippen LogP contribution in [0.25, 0.3) is 0 Å². The van der Waals surface area contributed by atoms with Gasteiger partial charge in [0.1, 0.15) is 5.75 Å². The molecule has 2 aromatic carbocycles. The number of hydrogen-bond acceptors (Lipinski definition) is 3. The molecule has 114 valence electrons. The Morgan fingerprint density at radius 2 is 1.95 bits per heavy atom. The lowest BCUT2D eigenvalue weighted by Gasteiger charge is -2.06. The Hall–Kier alpha value is -2.33. The molecule has 0 spiro atoms. The topological polar surface area (TPSA) is 50.7 Å². The normalized spacial score (nSPS) is 11.1. The molecule has 0 saturated heterocycles. The Balaban J connectivity index is 1.86. The molecule has 1 amide bonds. The monoisotopic (exact) mass is 316 g/mol. The fourth-order valence-electron chi connectivity index (χ4n) is 1.79. The minimum atomic E-state index is -0.318. The third kappa shape index (κ3) is 4.90. The summed E-state index contributed by atoms with van der Waals surface area (Å²) in [7, 11) is 0. The van der Waals surface area contributed by atoms with E-state index in [0.29, 0.717) is 10.8 Å². The number of benzene rings is 2. The second-order valence-electron chi connectivity index (χ2n) is 4.84. The smallest absolute Gasteiger partial charge is 0.277 e. The summed E-state index contributed by atoms with van der Waals surface area (Å²) in [6, 6.07) is 14.7. The van der Waals surface area contributed by atoms with Crippen molar-refractivity contribution in [1.82, 2.24) is 5.43 Å². The summed E-state index contributed by atoms with van der Waals surface area (Å²) in [5, 5.41) is 4.70. The third-order valence-electron chi connectivity index (χ3n) is 2.97. The maximum atomic E-state index is 11.7. The van der Waals surface area contributed by atoms with E-state index in [1.165, 1.54) is 0 Å². The maximum absolute atomic E-state index is 11.7. The van der Waals surface area contributed by atoms with Gasteiger partial charge in [0.2, 0.25) is 0 Å². The highest BCUT2D eigenvalue weighted by molar-refractivity contribution is 6.30. The maximum Gasteiger partial charge on any atom is 0.277 e. The zero-order valence-corrected chi connectivity index (χ0v) is 13.2. The zero-order valence-electron chi connectivity index (χ0n) is 12.5. The molecule has 0 bridgehead atoms. The van der Waals surface area contributed by atoms with Crippen molar-refractivity contribution >= 4 is 23.2 Å². The van der Waals surface area contributed by atoms with Crippen molar-refractivity contribution in [2.45, 2.75) is 13.8 Å². The molecule has 0 aliphatic rings. The number of rotatable bonds is 5. The van der Waals surface area contributed by atoms with Crippen LogP contribution in [0.2, 0.25) is 5.02 Å². The molecule has 0 heterocycles. The van der Waals surface area contributed by atoms with Gasteiger partial charge in [-0.05, 0) is 43.7 Å². The Morgan fingerprint density at radius 1 is 1.23 bits per heavy atom. The first-order valence-electron chi connectivity index (χ1n) is 6.83. The van der Waals surface area contributed by atoms with Gasteiger partial charge in [-0.25, -0.2) is 5.43 Å². The van der Waals surface area contributed by atoms with E-state index in [2.05, 4.69) is 10.5 Å². The quantitative estimate of drug-likeness (QED) is 0.677. The molecule has 0 aliphatic carbocycles. The van der Waals surface area contributed by atoms with Gasteiger partial charge < -0.3 is 4.74 Å². The number of nitrogens with one attached hydrogen (secondary N) is 1. The van der Waals surface area contributed by atoms with Gasteiger partial charge in [-0.3, -0.25) is 4.79 Å². The lowest BCUT2D eigenvalue weighted by atomic mass is 10.1. The van der Waals surface area contributed by atoms with Crippen molar-refractivity contribution in [2.24, 2.45) is 5.10 Å². The van der Waals surface area contributed by atoms with E-state index in [9.17, 15) is 4.79 Å². The van der Waals surface area contributed by atoms with Gasteiger partial charge in [0.15, 0.2) is 6.61 Å². The highest BCUT2D eigenvalue weighted by atomic mass is 35.5. The van der Waals surface area contributed by atoms with Crippen LogP contribution in [0.4, 0.5) is 0 Å². The molecular weight excluding hydrogens is 300 g/mol. The SMILES string of the molecule is CC(=NNC(=O)COc1ccc(Cl)cc1)c1cccc(C)c1. The second-order valence-corrected chi connectivity index (χ2v) is 5.28. The lowest BCUT2D eigenvalue weighted by Crippen LogP contribution is -2.25. The number of aryl methyl sites for hydroxylation is 1. The molecule has 0 unspecified atom stereocenters. The standard InChI is InChI=1S/C17H17ClN2O2/c1-12-4-3-5-14(10-12)13(2)19-20-17(21)11-22-16-8-6-15(18)7-9-16/h3-10H,11H2,1-2H3,(H,20,21). The number of hydrazone groups is 1. The summed E-state index contributed by atoms with van der Waals surface area (Å²) >= 11 is 5.78. The fourth-order valence-corrected chi connectivity index (χ4v) is 1.92. The molecule has 2 rings (SSSR count). The summed E-state index contributed by atoms with van der Waals surface area (Å²) in [6.07, 6.45) is 0. The predicted molar refractivity (Wildman–Crippen MR) is 88.5 cm³/mol. The highest BCUT2D eigenvalue weighted by Crippen LogP contribution is 2.15. The van der Waals surface area contributed by atoms with Gasteiger partial charge in [0, 0.05) is 5.02 Å². The summed E-state index contributed by atoms with van der Waals surface area (Å²) in [6.45, 7) is 3.75. The molecule has 4 nitrogen and oxygen atoms in total. The van der Waals surface area contributed by atoms with Crippen LogP contribution < -0.4 is 10.2 Å². The van der Waals surface area contributed by atoms with Crippen LogP contribution >= 0.6 is 11.6 Å². The highest BCUT2D eigenvalue weighted by Gasteiger charge is 2.03. The fraction of sp³-hybridized carbons (Fsp3) is 0.176. The first-order valence-corrected chi connectivity index (χ1v) is 7.21. The molecule has 5 heteroatoms. The van der Waals surface area contributed by atoms with Crippen molar-refractivity contribution in [3.63, 3.8) is 0 Å². The van der Waals surface area contributed by atoms with Crippen LogP contribution in [-0.4, -0.2) is 18.2 Å². The van der Waals surface area contributed by atoms with E-state index in [4.69, 9.17) is 16.3 Å². The Kier molecular flexibility index (Phi) is 5.55. The zero-order chi connectivity index (χ0) is 15.9. The van der Waals surface area contributed by atoms with Gasteiger partial charge in [0.05, 0.1) is 5.71 Å². The van der Waals surface area contributed by atoms with Crippen molar-refractivity contribution in [1.29, 1.82) is 0 Å². The number of ether oxygens (including phenoxy) is 1. The van der Waals surface area contributed by atoms with Crippen LogP contribution in [0.3, 0.4) is 0 Å². The third-order valence-corrected chi connectivity index (χ3v) is 3.22. The van der Waals surface area contributed by atoms with Crippen LogP contribution in [0, 0.1) is 6.92 Å². The average Bonchev–Trinajstić information content (AvgIpc) is 2.52. The summed E-state index contributed by atoms with van der Waals surface area (Å²) < 4.78 is 5.34. The van der Waals surface area contributed by atoms with E-state index in [0.717, 1.165) is 16.8 Å². The van der Waals surface area contributed by atoms with Crippen LogP contribution in [-0.2, 0) is 4.79 Å². The van der Waals surface area contributed by atoms with Gasteiger partial charge in [-0.2, -0.15) is 5.10 Å². The number of halogens is 1. The lowest BCUT2D eigenvalue weighted by molar-refractivity contribution is -0.123. The molecule has 2 aromatic rings. The largest absolute Gasteiger partial charge is 0.484 e. The molecule has 1 N–H and O–H groups in total. The van der Waals surface area contributed by atoms with E-state index in [-0.39, 0.29) is 12.5 Å². The molecule has 0 aliphatic heterocycles. The number of nitrogens with zero attached hydrogens (tertiary/aromatic N) is 1. The van der Waals surface area contributed by atoms with E-state index < -0.39 is 0 Å². The molecule has 0 radical (unpaired) electrons. The molecular formula is C17H17ClN2O2. The van der Waals surface area contributed by atoms with E-state index >= 15 is 0 Å². The van der Waals surface area contributed by atoms with E-state index in [1.54, 1.807) is 24.3 Å². The summed E-state index contributed by atoms with van der Waals surface area (Å²) in [5.74, 6) is 0.265. The molecule has 0 saturated carbocycles. The number of carbonyl (C=O) groups excluding carboxylic acids is 1. The first kappa shape index (κ1) is 16.0. The number of amides is 1. The predicted octanol–water partition coefficient (Wildman–Crippen LogP) is 3.57. The van der Waals surface area contributed by atoms with Gasteiger partial charge in [0.25, 0.3) is 5.91 Å². The van der Waals surface area contributed by atoms with Crippen LogP contribution in [0.5, 0.6) is 5.75 Å². The number of hydrogen-bond donors (Lipinski definition) is 1. The summed E-state index contributed by atoms with van der Waals surface area (Å²) in [4.78, 5) is 11.7. The first-order chi connectivity index (χ1) is 10.5. The minimum Gasteiger partial charge on any atom is -0.484 e. The minimum absolute atomic E-state index is 0.105. The Labute approximate surface area is 134 Å².